The summed E-state index contributed by atoms with van der Waals surface area (Å²) in [5.41, 5.74) is 6.44. The second-order valence-corrected chi connectivity index (χ2v) is 5.80. The number of hydrogen-bond donors (Lipinski definition) is 1. The summed E-state index contributed by atoms with van der Waals surface area (Å²) in [6.45, 7) is 1.48. The van der Waals surface area contributed by atoms with Crippen LogP contribution in [0.25, 0.3) is 0 Å². The zero-order valence-corrected chi connectivity index (χ0v) is 13.4. The molecule has 0 aliphatic carbocycles. The Balaban J connectivity index is 1.93. The van der Waals surface area contributed by atoms with Crippen molar-refractivity contribution in [1.29, 1.82) is 0 Å². The van der Waals surface area contributed by atoms with Gasteiger partial charge in [-0.05, 0) is 25.0 Å². The van der Waals surface area contributed by atoms with E-state index in [9.17, 15) is 9.59 Å². The topological polar surface area (TPSA) is 72.6 Å². The van der Waals surface area contributed by atoms with Gasteiger partial charge in [0.25, 0.3) is 11.8 Å². The molecule has 1 aliphatic rings. The van der Waals surface area contributed by atoms with Crippen molar-refractivity contribution < 1.29 is 14.3 Å². The molecule has 1 atom stereocenters. The van der Waals surface area contributed by atoms with Crippen LogP contribution in [-0.2, 0) is 4.79 Å². The minimum atomic E-state index is -0.787. The largest absolute Gasteiger partial charge is 0.475 e. The van der Waals surface area contributed by atoms with E-state index < -0.39 is 12.0 Å². The molecule has 2 amide bonds. The van der Waals surface area contributed by atoms with Crippen molar-refractivity contribution in [3.8, 4) is 5.75 Å². The Morgan fingerprint density at radius 3 is 2.25 bits per heavy atom. The van der Waals surface area contributed by atoms with E-state index in [1.165, 1.54) is 0 Å². The van der Waals surface area contributed by atoms with Gasteiger partial charge in [-0.2, -0.15) is 0 Å². The zero-order chi connectivity index (χ0) is 16.9. The quantitative estimate of drug-likeness (QED) is 0.918. The molecule has 2 aromatic rings. The van der Waals surface area contributed by atoms with Crippen LogP contribution in [0.3, 0.4) is 0 Å². The summed E-state index contributed by atoms with van der Waals surface area (Å²) in [6, 6.07) is 16.0. The smallest absolute Gasteiger partial charge is 0.268 e. The molecule has 1 aliphatic heterocycles. The van der Waals surface area contributed by atoms with E-state index in [0.717, 1.165) is 31.5 Å². The van der Waals surface area contributed by atoms with Crippen LogP contribution < -0.4 is 10.5 Å². The van der Waals surface area contributed by atoms with E-state index >= 15 is 0 Å². The monoisotopic (exact) mass is 324 g/mol. The van der Waals surface area contributed by atoms with Crippen molar-refractivity contribution in [1.82, 2.24) is 4.90 Å². The summed E-state index contributed by atoms with van der Waals surface area (Å²) in [7, 11) is 0. The molecule has 1 fully saturated rings. The highest BCUT2D eigenvalue weighted by atomic mass is 16.5. The maximum Gasteiger partial charge on any atom is 0.268 e. The number of nitrogens with two attached hydrogens (primary N) is 1. The lowest BCUT2D eigenvalue weighted by molar-refractivity contribution is -0.138. The zero-order valence-electron chi connectivity index (χ0n) is 13.4. The number of benzene rings is 2. The molecular weight excluding hydrogens is 304 g/mol. The average Bonchev–Trinajstić information content (AvgIpc) is 3.15. The van der Waals surface area contributed by atoms with Crippen LogP contribution in [0.2, 0.25) is 0 Å². The number of likely N-dealkylation sites (tertiary alicyclic amines) is 1. The van der Waals surface area contributed by atoms with Crippen molar-refractivity contribution in [2.45, 2.75) is 18.9 Å². The van der Waals surface area contributed by atoms with Crippen molar-refractivity contribution in [2.75, 3.05) is 13.1 Å². The lowest BCUT2D eigenvalue weighted by atomic mass is 10.1. The van der Waals surface area contributed by atoms with Gasteiger partial charge in [0, 0.05) is 18.7 Å². The minimum absolute atomic E-state index is 0.0852. The molecule has 5 nitrogen and oxygen atoms in total. The molecule has 0 saturated carbocycles. The first-order valence-corrected chi connectivity index (χ1v) is 8.06. The van der Waals surface area contributed by atoms with Crippen LogP contribution in [0.4, 0.5) is 0 Å². The van der Waals surface area contributed by atoms with Crippen molar-refractivity contribution in [3.63, 3.8) is 0 Å². The summed E-state index contributed by atoms with van der Waals surface area (Å²) in [4.78, 5) is 26.3. The lowest BCUT2D eigenvalue weighted by Crippen LogP contribution is -2.35. The van der Waals surface area contributed by atoms with Crippen molar-refractivity contribution in [3.05, 3.63) is 65.7 Å². The molecule has 2 N–H and O–H groups in total. The van der Waals surface area contributed by atoms with E-state index in [4.69, 9.17) is 10.5 Å². The van der Waals surface area contributed by atoms with E-state index in [2.05, 4.69) is 0 Å². The van der Waals surface area contributed by atoms with Crippen LogP contribution >= 0.6 is 0 Å². The third kappa shape index (κ3) is 3.40. The maximum absolute atomic E-state index is 12.9. The first kappa shape index (κ1) is 16.1. The van der Waals surface area contributed by atoms with Crippen molar-refractivity contribution >= 4 is 11.8 Å². The van der Waals surface area contributed by atoms with Crippen LogP contribution in [0.5, 0.6) is 5.75 Å². The second-order valence-electron chi connectivity index (χ2n) is 5.80. The Labute approximate surface area is 141 Å². The van der Waals surface area contributed by atoms with Crippen LogP contribution in [0.15, 0.2) is 54.6 Å². The van der Waals surface area contributed by atoms with E-state index in [1.54, 1.807) is 24.3 Å². The van der Waals surface area contributed by atoms with Crippen LogP contribution in [0, 0.1) is 0 Å². The second kappa shape index (κ2) is 7.17. The third-order valence-electron chi connectivity index (χ3n) is 4.14. The standard InChI is InChI=1S/C19H20N2O3/c20-18(22)15-10-4-5-11-16(15)24-17(14-8-2-1-3-9-14)19(23)21-12-6-7-13-21/h1-5,8-11,17H,6-7,12-13H2,(H2,20,22). The Bertz CT molecular complexity index is 724. The Kier molecular flexibility index (Phi) is 4.79. The first-order valence-electron chi connectivity index (χ1n) is 8.06. The first-order chi connectivity index (χ1) is 11.7. The third-order valence-corrected chi connectivity index (χ3v) is 4.14. The molecule has 124 valence electrons. The number of primary amides is 1. The molecule has 0 aromatic heterocycles. The fourth-order valence-electron chi connectivity index (χ4n) is 2.89. The molecule has 3 rings (SSSR count). The minimum Gasteiger partial charge on any atom is -0.475 e. The number of ether oxygens (including phenoxy) is 1. The maximum atomic E-state index is 12.9. The number of nitrogens with zero attached hydrogens (tertiary/aromatic N) is 1. The predicted molar refractivity (Wildman–Crippen MR) is 90.6 cm³/mol. The number of carbonyl (C=O) groups excluding carboxylic acids is 2. The molecule has 1 saturated heterocycles. The molecule has 0 bridgehead atoms. The lowest BCUT2D eigenvalue weighted by Gasteiger charge is -2.25. The summed E-state index contributed by atoms with van der Waals surface area (Å²) in [6.07, 6.45) is 1.22. The van der Waals surface area contributed by atoms with E-state index in [-0.39, 0.29) is 11.5 Å². The van der Waals surface area contributed by atoms with E-state index in [0.29, 0.717) is 5.75 Å². The van der Waals surface area contributed by atoms with Gasteiger partial charge in [-0.1, -0.05) is 42.5 Å². The summed E-state index contributed by atoms with van der Waals surface area (Å²) < 4.78 is 5.98. The molecule has 5 heteroatoms. The average molecular weight is 324 g/mol. The van der Waals surface area contributed by atoms with Crippen molar-refractivity contribution in [2.24, 2.45) is 5.73 Å². The highest BCUT2D eigenvalue weighted by Crippen LogP contribution is 2.28. The predicted octanol–water partition coefficient (Wildman–Crippen LogP) is 2.53. The van der Waals surface area contributed by atoms with Gasteiger partial charge >= 0.3 is 0 Å². The Hall–Kier alpha value is -2.82. The van der Waals surface area contributed by atoms with Gasteiger partial charge in [0.2, 0.25) is 6.10 Å². The normalized spacial score (nSPS) is 15.1. The molecule has 2 aromatic carbocycles. The van der Waals surface area contributed by atoms with Gasteiger partial charge in [-0.25, -0.2) is 0 Å². The van der Waals surface area contributed by atoms with Gasteiger partial charge in [0.05, 0.1) is 5.56 Å². The molecule has 1 unspecified atom stereocenters. The molecule has 1 heterocycles. The van der Waals surface area contributed by atoms with Gasteiger partial charge in [-0.15, -0.1) is 0 Å². The summed E-state index contributed by atoms with van der Waals surface area (Å²) in [5.74, 6) is -0.338. The van der Waals surface area contributed by atoms with Gasteiger partial charge < -0.3 is 15.4 Å². The molecule has 0 spiro atoms. The van der Waals surface area contributed by atoms with Gasteiger partial charge in [0.1, 0.15) is 5.75 Å². The Morgan fingerprint density at radius 1 is 0.958 bits per heavy atom. The summed E-state index contributed by atoms with van der Waals surface area (Å²) >= 11 is 0. The highest BCUT2D eigenvalue weighted by molar-refractivity contribution is 5.95. The van der Waals surface area contributed by atoms with Crippen LogP contribution in [0.1, 0.15) is 34.9 Å². The summed E-state index contributed by atoms with van der Waals surface area (Å²) in [5, 5.41) is 0. The number of rotatable bonds is 5. The molecular formula is C19H20N2O3. The number of para-hydroxylation sites is 1. The fourth-order valence-corrected chi connectivity index (χ4v) is 2.89. The number of hydrogen-bond acceptors (Lipinski definition) is 3. The van der Waals surface area contributed by atoms with Gasteiger partial charge in [-0.3, -0.25) is 9.59 Å². The SMILES string of the molecule is NC(=O)c1ccccc1OC(C(=O)N1CCCC1)c1ccccc1. The van der Waals surface area contributed by atoms with Gasteiger partial charge in [0.15, 0.2) is 0 Å². The number of amides is 2. The molecule has 0 radical (unpaired) electrons. The molecule has 24 heavy (non-hydrogen) atoms. The van der Waals surface area contributed by atoms with Crippen LogP contribution in [-0.4, -0.2) is 29.8 Å². The number of carbonyl (C=O) groups is 2. The fraction of sp³-hybridized carbons (Fsp3) is 0.263. The highest BCUT2D eigenvalue weighted by Gasteiger charge is 2.30. The van der Waals surface area contributed by atoms with E-state index in [1.807, 2.05) is 35.2 Å². The Morgan fingerprint density at radius 2 is 1.58 bits per heavy atom.